The van der Waals surface area contributed by atoms with Crippen LogP contribution in [0.1, 0.15) is 6.42 Å². The van der Waals surface area contributed by atoms with Crippen LogP contribution in [0.25, 0.3) is 0 Å². The molecule has 1 aliphatic rings. The van der Waals surface area contributed by atoms with Crippen LogP contribution >= 0.6 is 0 Å². The number of hydrogen-bond donors (Lipinski definition) is 0. The Morgan fingerprint density at radius 3 is 2.73 bits per heavy atom. The fourth-order valence-corrected chi connectivity index (χ4v) is 1.33. The number of dihydropyridines is 1. The Morgan fingerprint density at radius 1 is 1.55 bits per heavy atom. The first kappa shape index (κ1) is 8.06. The van der Waals surface area contributed by atoms with E-state index >= 15 is 0 Å². The van der Waals surface area contributed by atoms with Crippen molar-refractivity contribution in [2.75, 3.05) is 6.54 Å². The van der Waals surface area contributed by atoms with Gasteiger partial charge in [-0.3, -0.25) is 4.99 Å². The van der Waals surface area contributed by atoms with Gasteiger partial charge in [0, 0.05) is 12.8 Å². The lowest BCUT2D eigenvalue weighted by atomic mass is 10.3. The highest BCUT2D eigenvalue weighted by Crippen LogP contribution is 2.10. The van der Waals surface area contributed by atoms with Crippen molar-refractivity contribution in [3.63, 3.8) is 0 Å². The molecule has 1 rings (SSSR count). The smallest absolute Gasteiger partial charge is 0.291 e. The molecule has 0 spiro atoms. The molecule has 11 heavy (non-hydrogen) atoms. The minimum absolute atomic E-state index is 0.0984. The van der Waals surface area contributed by atoms with E-state index in [4.69, 9.17) is 0 Å². The summed E-state index contributed by atoms with van der Waals surface area (Å²) >= 11 is 0. The Balaban J connectivity index is 3.01. The van der Waals surface area contributed by atoms with Crippen molar-refractivity contribution in [2.24, 2.45) is 9.57 Å². The van der Waals surface area contributed by atoms with Crippen LogP contribution in [-0.4, -0.2) is 21.2 Å². The lowest BCUT2D eigenvalue weighted by molar-refractivity contribution is 0.604. The van der Waals surface area contributed by atoms with Gasteiger partial charge in [0.1, 0.15) is 4.91 Å². The largest absolute Gasteiger partial charge is 0.318 e. The molecule has 1 aliphatic heterocycles. The molecule has 0 saturated heterocycles. The van der Waals surface area contributed by atoms with Crippen molar-refractivity contribution in [3.05, 3.63) is 15.9 Å². The van der Waals surface area contributed by atoms with E-state index in [2.05, 4.69) is 4.99 Å². The Hall–Kier alpha value is -1.04. The van der Waals surface area contributed by atoms with Gasteiger partial charge in [0.15, 0.2) is 0 Å². The zero-order valence-corrected chi connectivity index (χ0v) is 6.41. The number of nitrogens with zero attached hydrogens (tertiary/aromatic N) is 2. The maximum Gasteiger partial charge on any atom is 0.318 e. The predicted molar refractivity (Wildman–Crippen MR) is 40.8 cm³/mol. The molecule has 0 unspecified atom stereocenters. The van der Waals surface area contributed by atoms with Crippen LogP contribution < -0.4 is 0 Å². The summed E-state index contributed by atoms with van der Waals surface area (Å²) in [5, 5.41) is 0. The van der Waals surface area contributed by atoms with Gasteiger partial charge in [-0.2, -0.15) is 8.42 Å². The molecule has 0 saturated carbocycles. The standard InChI is InChI=1S/C5H6N2O3S/c8-7-11(9,10)5-2-1-3-6-4-5/h2,4H,1,3H2. The van der Waals surface area contributed by atoms with E-state index in [1.165, 1.54) is 6.08 Å². The number of sulfonamides is 1. The van der Waals surface area contributed by atoms with Crippen LogP contribution in [0, 0.1) is 4.91 Å². The maximum absolute atomic E-state index is 10.7. The first-order valence-electron chi connectivity index (χ1n) is 2.96. The molecule has 5 nitrogen and oxygen atoms in total. The van der Waals surface area contributed by atoms with Gasteiger partial charge in [-0.05, 0) is 6.42 Å². The number of hydrogen-bond acceptors (Lipinski definition) is 4. The minimum atomic E-state index is -3.94. The molecule has 6 heteroatoms. The molecule has 0 aromatic heterocycles. The molecule has 0 radical (unpaired) electrons. The summed E-state index contributed by atoms with van der Waals surface area (Å²) in [4.78, 5) is 13.4. The molecule has 0 atom stereocenters. The Labute approximate surface area is 63.9 Å². The molecular formula is C5H6N2O3S. The van der Waals surface area contributed by atoms with Gasteiger partial charge >= 0.3 is 10.0 Å². The van der Waals surface area contributed by atoms with Crippen molar-refractivity contribution in [3.8, 4) is 0 Å². The summed E-state index contributed by atoms with van der Waals surface area (Å²) in [5.74, 6) is 0. The van der Waals surface area contributed by atoms with E-state index in [9.17, 15) is 13.3 Å². The van der Waals surface area contributed by atoms with Crippen LogP contribution in [0.15, 0.2) is 20.6 Å². The highest BCUT2D eigenvalue weighted by atomic mass is 32.2. The molecule has 1 heterocycles. The summed E-state index contributed by atoms with van der Waals surface area (Å²) in [7, 11) is -3.94. The van der Waals surface area contributed by atoms with Crippen molar-refractivity contribution in [2.45, 2.75) is 6.42 Å². The van der Waals surface area contributed by atoms with Crippen molar-refractivity contribution in [1.82, 2.24) is 0 Å². The molecule has 0 aliphatic carbocycles. The van der Waals surface area contributed by atoms with E-state index in [1.807, 2.05) is 4.58 Å². The molecule has 0 N–H and O–H groups in total. The summed E-state index contributed by atoms with van der Waals surface area (Å²) in [6.45, 7) is 0.567. The lowest BCUT2D eigenvalue weighted by Gasteiger charge is -2.00. The van der Waals surface area contributed by atoms with Crippen LogP contribution in [0.5, 0.6) is 0 Å². The van der Waals surface area contributed by atoms with Crippen LogP contribution in [0.2, 0.25) is 0 Å². The van der Waals surface area contributed by atoms with Gasteiger partial charge < -0.3 is 0 Å². The summed E-state index contributed by atoms with van der Waals surface area (Å²) in [6, 6.07) is 0. The minimum Gasteiger partial charge on any atom is -0.291 e. The highest BCUT2D eigenvalue weighted by Gasteiger charge is 2.16. The highest BCUT2D eigenvalue weighted by molar-refractivity contribution is 7.94. The monoisotopic (exact) mass is 174 g/mol. The van der Waals surface area contributed by atoms with Crippen LogP contribution in [0.4, 0.5) is 0 Å². The third kappa shape index (κ3) is 1.70. The van der Waals surface area contributed by atoms with Gasteiger partial charge in [-0.1, -0.05) is 6.08 Å². The molecule has 0 bridgehead atoms. The molecule has 0 aromatic rings. The van der Waals surface area contributed by atoms with E-state index in [0.29, 0.717) is 13.0 Å². The SMILES string of the molecule is O=NS(=O)(=O)C1=CCCN=C1. The van der Waals surface area contributed by atoms with Gasteiger partial charge in [-0.25, -0.2) is 0 Å². The normalized spacial score (nSPS) is 17.6. The topological polar surface area (TPSA) is 75.9 Å². The van der Waals surface area contributed by atoms with Crippen molar-refractivity contribution < 1.29 is 8.42 Å². The Morgan fingerprint density at radius 2 is 2.27 bits per heavy atom. The Bertz CT molecular complexity index is 315. The molecule has 60 valence electrons. The molecule has 0 aromatic carbocycles. The second-order valence-corrected chi connectivity index (χ2v) is 3.55. The van der Waals surface area contributed by atoms with Crippen molar-refractivity contribution >= 4 is 16.2 Å². The zero-order valence-electron chi connectivity index (χ0n) is 5.60. The van der Waals surface area contributed by atoms with Gasteiger partial charge in [-0.15, -0.1) is 4.91 Å². The van der Waals surface area contributed by atoms with E-state index < -0.39 is 10.0 Å². The zero-order chi connectivity index (χ0) is 8.32. The second-order valence-electron chi connectivity index (χ2n) is 1.98. The molecular weight excluding hydrogens is 168 g/mol. The quantitative estimate of drug-likeness (QED) is 0.570. The fraction of sp³-hybridized carbons (Fsp3) is 0.400. The molecule has 0 amide bonds. The maximum atomic E-state index is 10.7. The predicted octanol–water partition coefficient (Wildman–Crippen LogP) is 0.441. The van der Waals surface area contributed by atoms with Crippen LogP contribution in [-0.2, 0) is 10.0 Å². The van der Waals surface area contributed by atoms with Crippen molar-refractivity contribution in [1.29, 1.82) is 0 Å². The average molecular weight is 174 g/mol. The third-order valence-electron chi connectivity index (χ3n) is 1.22. The number of aliphatic imine (C=N–C) groups is 1. The van der Waals surface area contributed by atoms with E-state index in [0.717, 1.165) is 6.21 Å². The fourth-order valence-electron chi connectivity index (χ4n) is 0.704. The number of allylic oxidation sites excluding steroid dienone is 1. The summed E-state index contributed by atoms with van der Waals surface area (Å²) in [5.41, 5.74) is 0. The second kappa shape index (κ2) is 2.91. The van der Waals surface area contributed by atoms with Gasteiger partial charge in [0.25, 0.3) is 0 Å². The average Bonchev–Trinajstić information content (AvgIpc) is 2.06. The third-order valence-corrected chi connectivity index (χ3v) is 2.28. The molecule has 0 fully saturated rings. The summed E-state index contributed by atoms with van der Waals surface area (Å²) < 4.78 is 23.4. The Kier molecular flexibility index (Phi) is 2.13. The first-order chi connectivity index (χ1) is 5.17. The lowest BCUT2D eigenvalue weighted by Crippen LogP contribution is -2.04. The van der Waals surface area contributed by atoms with Gasteiger partial charge in [0.05, 0.1) is 4.58 Å². The summed E-state index contributed by atoms with van der Waals surface area (Å²) in [6.07, 6.45) is 3.13. The first-order valence-corrected chi connectivity index (χ1v) is 4.40. The van der Waals surface area contributed by atoms with Gasteiger partial charge in [0.2, 0.25) is 0 Å². The van der Waals surface area contributed by atoms with E-state index in [1.54, 1.807) is 0 Å². The number of rotatable bonds is 2. The van der Waals surface area contributed by atoms with E-state index in [-0.39, 0.29) is 4.91 Å². The van der Waals surface area contributed by atoms with Crippen LogP contribution in [0.3, 0.4) is 0 Å². The number of nitroso groups, excluding NO2 is 1.